The Bertz CT molecular complexity index is 422. The summed E-state index contributed by atoms with van der Waals surface area (Å²) in [7, 11) is 1.75. The zero-order valence-corrected chi connectivity index (χ0v) is 9.96. The molecule has 0 spiro atoms. The Morgan fingerprint density at radius 3 is 2.94 bits per heavy atom. The van der Waals surface area contributed by atoms with Crippen molar-refractivity contribution in [1.29, 1.82) is 0 Å². The molecule has 1 aliphatic heterocycles. The molecule has 1 aromatic heterocycles. The van der Waals surface area contributed by atoms with Gasteiger partial charge in [0, 0.05) is 19.9 Å². The second-order valence-corrected chi connectivity index (χ2v) is 4.28. The SMILES string of the molecule is CC1OCCC1N(C)C(=O)c1cncc(O)c1. The lowest BCUT2D eigenvalue weighted by Gasteiger charge is -2.26. The summed E-state index contributed by atoms with van der Waals surface area (Å²) in [5, 5.41) is 9.30. The van der Waals surface area contributed by atoms with Crippen molar-refractivity contribution >= 4 is 5.91 Å². The fourth-order valence-corrected chi connectivity index (χ4v) is 2.13. The minimum absolute atomic E-state index is 0.0000274. The van der Waals surface area contributed by atoms with Gasteiger partial charge in [-0.1, -0.05) is 0 Å². The Hall–Kier alpha value is -1.62. The third kappa shape index (κ3) is 2.39. The van der Waals surface area contributed by atoms with Gasteiger partial charge < -0.3 is 14.7 Å². The number of carbonyl (C=O) groups excluding carboxylic acids is 1. The third-order valence-electron chi connectivity index (χ3n) is 3.12. The Balaban J connectivity index is 2.14. The van der Waals surface area contributed by atoms with E-state index in [2.05, 4.69) is 4.98 Å². The maximum atomic E-state index is 12.1. The summed E-state index contributed by atoms with van der Waals surface area (Å²) in [6.07, 6.45) is 3.65. The molecule has 17 heavy (non-hydrogen) atoms. The van der Waals surface area contributed by atoms with Crippen LogP contribution in [0.3, 0.4) is 0 Å². The number of aromatic nitrogens is 1. The summed E-state index contributed by atoms with van der Waals surface area (Å²) in [6, 6.07) is 1.51. The molecule has 1 saturated heterocycles. The van der Waals surface area contributed by atoms with Crippen molar-refractivity contribution in [3.8, 4) is 5.75 Å². The molecule has 1 aromatic rings. The van der Waals surface area contributed by atoms with Crippen molar-refractivity contribution in [3.05, 3.63) is 24.0 Å². The van der Waals surface area contributed by atoms with Crippen LogP contribution in [0.5, 0.6) is 5.75 Å². The molecule has 0 aromatic carbocycles. The van der Waals surface area contributed by atoms with E-state index in [0.29, 0.717) is 12.2 Å². The Labute approximate surface area is 100 Å². The van der Waals surface area contributed by atoms with E-state index in [0.717, 1.165) is 6.42 Å². The van der Waals surface area contributed by atoms with Gasteiger partial charge in [0.05, 0.1) is 23.9 Å². The van der Waals surface area contributed by atoms with Gasteiger partial charge in [-0.3, -0.25) is 9.78 Å². The molecule has 2 unspecified atom stereocenters. The average Bonchev–Trinajstić information content (AvgIpc) is 2.73. The van der Waals surface area contributed by atoms with Gasteiger partial charge in [0.1, 0.15) is 5.75 Å². The van der Waals surface area contributed by atoms with Crippen LogP contribution in [0.25, 0.3) is 0 Å². The minimum Gasteiger partial charge on any atom is -0.506 e. The highest BCUT2D eigenvalue weighted by Gasteiger charge is 2.31. The van der Waals surface area contributed by atoms with Crippen LogP contribution in [0.4, 0.5) is 0 Å². The predicted octanol–water partition coefficient (Wildman–Crippen LogP) is 1.04. The molecule has 0 bridgehead atoms. The maximum Gasteiger partial charge on any atom is 0.255 e. The molecule has 2 atom stereocenters. The molecule has 1 N–H and O–H groups in total. The summed E-state index contributed by atoms with van der Waals surface area (Å²) in [4.78, 5) is 17.6. The molecule has 0 saturated carbocycles. The highest BCUT2D eigenvalue weighted by molar-refractivity contribution is 5.94. The van der Waals surface area contributed by atoms with Gasteiger partial charge in [-0.2, -0.15) is 0 Å². The summed E-state index contributed by atoms with van der Waals surface area (Å²) in [5.41, 5.74) is 0.395. The zero-order chi connectivity index (χ0) is 12.4. The van der Waals surface area contributed by atoms with Crippen molar-refractivity contribution in [2.24, 2.45) is 0 Å². The van der Waals surface area contributed by atoms with E-state index in [1.54, 1.807) is 11.9 Å². The van der Waals surface area contributed by atoms with Crippen LogP contribution in [0, 0.1) is 0 Å². The van der Waals surface area contributed by atoms with E-state index in [1.165, 1.54) is 18.5 Å². The van der Waals surface area contributed by atoms with Gasteiger partial charge in [0.15, 0.2) is 0 Å². The molecule has 2 heterocycles. The summed E-state index contributed by atoms with van der Waals surface area (Å²) >= 11 is 0. The quantitative estimate of drug-likeness (QED) is 0.833. The molecule has 0 aliphatic carbocycles. The van der Waals surface area contributed by atoms with E-state index < -0.39 is 0 Å². The number of rotatable bonds is 2. The largest absolute Gasteiger partial charge is 0.506 e. The van der Waals surface area contributed by atoms with Gasteiger partial charge in [0.25, 0.3) is 5.91 Å². The number of nitrogens with zero attached hydrogens (tertiary/aromatic N) is 2. The molecule has 1 amide bonds. The first-order chi connectivity index (χ1) is 8.09. The molecule has 1 fully saturated rings. The average molecular weight is 236 g/mol. The van der Waals surface area contributed by atoms with Crippen molar-refractivity contribution in [3.63, 3.8) is 0 Å². The maximum absolute atomic E-state index is 12.1. The third-order valence-corrected chi connectivity index (χ3v) is 3.12. The minimum atomic E-state index is -0.143. The van der Waals surface area contributed by atoms with Gasteiger partial charge in [-0.05, 0) is 19.4 Å². The van der Waals surface area contributed by atoms with Crippen molar-refractivity contribution < 1.29 is 14.6 Å². The van der Waals surface area contributed by atoms with Crippen LogP contribution in [-0.4, -0.2) is 46.7 Å². The smallest absolute Gasteiger partial charge is 0.255 e. The lowest BCUT2D eigenvalue weighted by atomic mass is 10.1. The molecule has 2 rings (SSSR count). The van der Waals surface area contributed by atoms with Crippen LogP contribution in [-0.2, 0) is 4.74 Å². The molecule has 0 radical (unpaired) electrons. The Kier molecular flexibility index (Phi) is 3.28. The van der Waals surface area contributed by atoms with Crippen LogP contribution in [0.1, 0.15) is 23.7 Å². The van der Waals surface area contributed by atoms with Crippen molar-refractivity contribution in [2.75, 3.05) is 13.7 Å². The molecular formula is C12H16N2O3. The monoisotopic (exact) mass is 236 g/mol. The first-order valence-corrected chi connectivity index (χ1v) is 5.62. The number of amides is 1. The van der Waals surface area contributed by atoms with Crippen molar-refractivity contribution in [1.82, 2.24) is 9.88 Å². The van der Waals surface area contributed by atoms with Gasteiger partial charge in [-0.25, -0.2) is 0 Å². The molecule has 1 aliphatic rings. The summed E-state index contributed by atoms with van der Waals surface area (Å²) in [5.74, 6) is -0.143. The first-order valence-electron chi connectivity index (χ1n) is 5.62. The van der Waals surface area contributed by atoms with Gasteiger partial charge in [-0.15, -0.1) is 0 Å². The molecule has 5 heteroatoms. The highest BCUT2D eigenvalue weighted by Crippen LogP contribution is 2.20. The van der Waals surface area contributed by atoms with Crippen LogP contribution in [0.15, 0.2) is 18.5 Å². The zero-order valence-electron chi connectivity index (χ0n) is 9.96. The molecule has 92 valence electrons. The number of ether oxygens (including phenoxy) is 1. The number of hydrogen-bond acceptors (Lipinski definition) is 4. The topological polar surface area (TPSA) is 62.7 Å². The Morgan fingerprint density at radius 1 is 1.59 bits per heavy atom. The fourth-order valence-electron chi connectivity index (χ4n) is 2.13. The molecular weight excluding hydrogens is 220 g/mol. The van der Waals surface area contributed by atoms with E-state index in [1.807, 2.05) is 6.92 Å². The number of pyridine rings is 1. The Morgan fingerprint density at radius 2 is 2.35 bits per heavy atom. The first kappa shape index (κ1) is 11.9. The number of carbonyl (C=O) groups is 1. The summed E-state index contributed by atoms with van der Waals surface area (Å²) in [6.45, 7) is 2.64. The van der Waals surface area contributed by atoms with Gasteiger partial charge in [0.2, 0.25) is 0 Å². The van der Waals surface area contributed by atoms with E-state index in [4.69, 9.17) is 4.74 Å². The van der Waals surface area contributed by atoms with E-state index in [9.17, 15) is 9.90 Å². The lowest BCUT2D eigenvalue weighted by Crippen LogP contribution is -2.41. The normalized spacial score (nSPS) is 23.6. The van der Waals surface area contributed by atoms with Crippen LogP contribution >= 0.6 is 0 Å². The number of likely N-dealkylation sites (N-methyl/N-ethyl adjacent to an activating group) is 1. The van der Waals surface area contributed by atoms with E-state index >= 15 is 0 Å². The van der Waals surface area contributed by atoms with Gasteiger partial charge >= 0.3 is 0 Å². The molecule has 5 nitrogen and oxygen atoms in total. The van der Waals surface area contributed by atoms with Crippen LogP contribution < -0.4 is 0 Å². The van der Waals surface area contributed by atoms with E-state index in [-0.39, 0.29) is 23.8 Å². The fraction of sp³-hybridized carbons (Fsp3) is 0.500. The lowest BCUT2D eigenvalue weighted by molar-refractivity contribution is 0.0574. The number of hydrogen-bond donors (Lipinski definition) is 1. The predicted molar refractivity (Wildman–Crippen MR) is 61.8 cm³/mol. The second kappa shape index (κ2) is 4.71. The number of aromatic hydroxyl groups is 1. The van der Waals surface area contributed by atoms with Crippen molar-refractivity contribution in [2.45, 2.75) is 25.5 Å². The van der Waals surface area contributed by atoms with Crippen LogP contribution in [0.2, 0.25) is 0 Å². The second-order valence-electron chi connectivity index (χ2n) is 4.28. The standard InChI is InChI=1S/C12H16N2O3/c1-8-11(3-4-17-8)14(2)12(16)9-5-10(15)7-13-6-9/h5-8,11,15H,3-4H2,1-2H3. The highest BCUT2D eigenvalue weighted by atomic mass is 16.5. The summed E-state index contributed by atoms with van der Waals surface area (Å²) < 4.78 is 5.44.